The van der Waals surface area contributed by atoms with E-state index in [0.29, 0.717) is 26.0 Å². The summed E-state index contributed by atoms with van der Waals surface area (Å²) in [5.74, 6) is -0.382. The Morgan fingerprint density at radius 1 is 1.50 bits per heavy atom. The average molecular weight is 199 g/mol. The van der Waals surface area contributed by atoms with Crippen molar-refractivity contribution in [2.45, 2.75) is 26.2 Å². The van der Waals surface area contributed by atoms with E-state index in [-0.39, 0.29) is 11.9 Å². The molecule has 0 aromatic heterocycles. The second kappa shape index (κ2) is 8.29. The minimum absolute atomic E-state index is 0.178. The summed E-state index contributed by atoms with van der Waals surface area (Å²) in [6.07, 6.45) is 3.10. The first-order valence-electron chi connectivity index (χ1n) is 4.76. The van der Waals surface area contributed by atoms with Crippen molar-refractivity contribution in [2.24, 2.45) is 0 Å². The molecular formula is C10H17NO3. The number of esters is 1. The van der Waals surface area contributed by atoms with Crippen molar-refractivity contribution in [1.82, 2.24) is 5.32 Å². The maximum absolute atomic E-state index is 10.9. The third-order valence-electron chi connectivity index (χ3n) is 1.52. The molecule has 0 fully saturated rings. The quantitative estimate of drug-likeness (QED) is 0.378. The van der Waals surface area contributed by atoms with Crippen LogP contribution in [0, 0.1) is 0 Å². The van der Waals surface area contributed by atoms with Gasteiger partial charge in [-0.25, -0.2) is 0 Å². The van der Waals surface area contributed by atoms with Gasteiger partial charge in [-0.15, -0.1) is 0 Å². The van der Waals surface area contributed by atoms with Crippen LogP contribution in [0.3, 0.4) is 0 Å². The van der Waals surface area contributed by atoms with Crippen molar-refractivity contribution in [3.8, 4) is 0 Å². The minimum atomic E-state index is -0.204. The summed E-state index contributed by atoms with van der Waals surface area (Å²) in [7, 11) is 0. The normalized spacial score (nSPS) is 9.21. The molecule has 0 aliphatic heterocycles. The van der Waals surface area contributed by atoms with Gasteiger partial charge in [0.1, 0.15) is 0 Å². The third-order valence-corrected chi connectivity index (χ3v) is 1.52. The fraction of sp³-hybridized carbons (Fsp3) is 0.600. The van der Waals surface area contributed by atoms with Crippen molar-refractivity contribution >= 4 is 11.9 Å². The van der Waals surface area contributed by atoms with Crippen LogP contribution in [0.2, 0.25) is 0 Å². The molecule has 0 aromatic rings. The Labute approximate surface area is 84.3 Å². The van der Waals surface area contributed by atoms with Crippen molar-refractivity contribution in [1.29, 1.82) is 0 Å². The smallest absolute Gasteiger partial charge is 0.305 e. The Hall–Kier alpha value is -1.32. The lowest BCUT2D eigenvalue weighted by molar-refractivity contribution is -0.143. The molecule has 4 heteroatoms. The van der Waals surface area contributed by atoms with Gasteiger partial charge in [-0.1, -0.05) is 13.5 Å². The Morgan fingerprint density at radius 3 is 2.79 bits per heavy atom. The zero-order valence-electron chi connectivity index (χ0n) is 8.54. The van der Waals surface area contributed by atoms with Crippen LogP contribution in [0.1, 0.15) is 26.2 Å². The van der Waals surface area contributed by atoms with Gasteiger partial charge in [-0.05, 0) is 18.9 Å². The van der Waals surface area contributed by atoms with Gasteiger partial charge in [-0.3, -0.25) is 9.59 Å². The molecule has 0 aliphatic carbocycles. The molecule has 1 N–H and O–H groups in total. The second-order valence-corrected chi connectivity index (χ2v) is 2.82. The highest BCUT2D eigenvalue weighted by molar-refractivity contribution is 5.86. The van der Waals surface area contributed by atoms with Crippen LogP contribution in [0.15, 0.2) is 12.7 Å². The summed E-state index contributed by atoms with van der Waals surface area (Å²) in [4.78, 5) is 21.5. The molecule has 0 aliphatic rings. The summed E-state index contributed by atoms with van der Waals surface area (Å²) < 4.78 is 4.88. The van der Waals surface area contributed by atoms with E-state index in [9.17, 15) is 9.59 Å². The topological polar surface area (TPSA) is 55.4 Å². The predicted molar refractivity (Wildman–Crippen MR) is 53.7 cm³/mol. The molecular weight excluding hydrogens is 182 g/mol. The minimum Gasteiger partial charge on any atom is -0.466 e. The van der Waals surface area contributed by atoms with E-state index in [1.165, 1.54) is 6.08 Å². The largest absolute Gasteiger partial charge is 0.466 e. The van der Waals surface area contributed by atoms with E-state index in [0.717, 1.165) is 6.42 Å². The standard InChI is InChI=1S/C10H17NO3/c1-3-6-10(13)14-8-5-7-11-9(12)4-2/h4H,2-3,5-8H2,1H3,(H,11,12). The van der Waals surface area contributed by atoms with Gasteiger partial charge < -0.3 is 10.1 Å². The molecule has 4 nitrogen and oxygen atoms in total. The summed E-state index contributed by atoms with van der Waals surface area (Å²) >= 11 is 0. The van der Waals surface area contributed by atoms with E-state index >= 15 is 0 Å². The van der Waals surface area contributed by atoms with E-state index < -0.39 is 0 Å². The molecule has 0 spiro atoms. The Kier molecular flexibility index (Phi) is 7.50. The third kappa shape index (κ3) is 7.34. The first-order chi connectivity index (χ1) is 6.70. The molecule has 1 amide bonds. The first kappa shape index (κ1) is 12.7. The number of rotatable bonds is 7. The maximum atomic E-state index is 10.9. The van der Waals surface area contributed by atoms with E-state index in [1.54, 1.807) is 0 Å². The average Bonchev–Trinajstić information content (AvgIpc) is 2.17. The Morgan fingerprint density at radius 2 is 2.21 bits per heavy atom. The van der Waals surface area contributed by atoms with Gasteiger partial charge in [0.15, 0.2) is 0 Å². The molecule has 0 aromatic carbocycles. The highest BCUT2D eigenvalue weighted by Gasteiger charge is 1.99. The maximum Gasteiger partial charge on any atom is 0.305 e. The summed E-state index contributed by atoms with van der Waals surface area (Å²) in [5, 5.41) is 2.59. The number of amides is 1. The van der Waals surface area contributed by atoms with Crippen molar-refractivity contribution in [3.63, 3.8) is 0 Å². The molecule has 0 rings (SSSR count). The molecule has 14 heavy (non-hydrogen) atoms. The molecule has 0 unspecified atom stereocenters. The van der Waals surface area contributed by atoms with Gasteiger partial charge in [0.05, 0.1) is 6.61 Å². The van der Waals surface area contributed by atoms with Crippen LogP contribution in [0.4, 0.5) is 0 Å². The van der Waals surface area contributed by atoms with Crippen molar-refractivity contribution in [2.75, 3.05) is 13.2 Å². The zero-order valence-corrected chi connectivity index (χ0v) is 8.54. The fourth-order valence-corrected chi connectivity index (χ4v) is 0.818. The fourth-order valence-electron chi connectivity index (χ4n) is 0.818. The summed E-state index contributed by atoms with van der Waals surface area (Å²) in [6.45, 7) is 6.10. The van der Waals surface area contributed by atoms with Crippen molar-refractivity contribution in [3.05, 3.63) is 12.7 Å². The van der Waals surface area contributed by atoms with E-state index in [4.69, 9.17) is 4.74 Å². The number of carbonyl (C=O) groups excluding carboxylic acids is 2. The number of hydrogen-bond donors (Lipinski definition) is 1. The molecule has 80 valence electrons. The number of ether oxygens (including phenoxy) is 1. The molecule has 0 radical (unpaired) electrons. The lowest BCUT2D eigenvalue weighted by atomic mass is 10.3. The molecule has 0 heterocycles. The van der Waals surface area contributed by atoms with E-state index in [2.05, 4.69) is 11.9 Å². The van der Waals surface area contributed by atoms with Gasteiger partial charge in [0.2, 0.25) is 5.91 Å². The van der Waals surface area contributed by atoms with Crippen LogP contribution < -0.4 is 5.32 Å². The zero-order chi connectivity index (χ0) is 10.8. The van der Waals surface area contributed by atoms with Crippen molar-refractivity contribution < 1.29 is 14.3 Å². The summed E-state index contributed by atoms with van der Waals surface area (Å²) in [6, 6.07) is 0. The number of hydrogen-bond acceptors (Lipinski definition) is 3. The first-order valence-corrected chi connectivity index (χ1v) is 4.76. The lowest BCUT2D eigenvalue weighted by Crippen LogP contribution is -2.23. The highest BCUT2D eigenvalue weighted by Crippen LogP contribution is 1.91. The van der Waals surface area contributed by atoms with Gasteiger partial charge in [0.25, 0.3) is 0 Å². The van der Waals surface area contributed by atoms with Gasteiger partial charge in [0, 0.05) is 13.0 Å². The number of carbonyl (C=O) groups is 2. The molecule has 0 bridgehead atoms. The van der Waals surface area contributed by atoms with Crippen LogP contribution in [-0.4, -0.2) is 25.0 Å². The van der Waals surface area contributed by atoms with Crippen LogP contribution in [0.25, 0.3) is 0 Å². The Balaban J connectivity index is 3.25. The van der Waals surface area contributed by atoms with Crippen LogP contribution in [0.5, 0.6) is 0 Å². The van der Waals surface area contributed by atoms with Crippen LogP contribution >= 0.6 is 0 Å². The van der Waals surface area contributed by atoms with Crippen LogP contribution in [-0.2, 0) is 14.3 Å². The van der Waals surface area contributed by atoms with E-state index in [1.807, 2.05) is 6.92 Å². The Bertz CT molecular complexity index is 202. The summed E-state index contributed by atoms with van der Waals surface area (Å²) in [5.41, 5.74) is 0. The molecule has 0 saturated carbocycles. The number of nitrogens with one attached hydrogen (secondary N) is 1. The lowest BCUT2D eigenvalue weighted by Gasteiger charge is -2.04. The highest BCUT2D eigenvalue weighted by atomic mass is 16.5. The predicted octanol–water partition coefficient (Wildman–Crippen LogP) is 1.02. The second-order valence-electron chi connectivity index (χ2n) is 2.82. The monoisotopic (exact) mass is 199 g/mol. The molecule has 0 saturated heterocycles. The SMILES string of the molecule is C=CC(=O)NCCCOC(=O)CCC. The van der Waals surface area contributed by atoms with Gasteiger partial charge >= 0.3 is 5.97 Å². The molecule has 0 atom stereocenters. The van der Waals surface area contributed by atoms with Gasteiger partial charge in [-0.2, -0.15) is 0 Å².